The average Bonchev–Trinajstić information content (AvgIpc) is 2.92. The molecule has 12 heteroatoms. The molecule has 32 heavy (non-hydrogen) atoms. The van der Waals surface area contributed by atoms with Crippen LogP contribution in [0.4, 0.5) is 23.8 Å². The van der Waals surface area contributed by atoms with Crippen molar-refractivity contribution < 1.29 is 32.7 Å². The molecule has 0 spiro atoms. The van der Waals surface area contributed by atoms with E-state index in [1.54, 1.807) is 7.05 Å². The Morgan fingerprint density at radius 1 is 1.22 bits per heavy atom. The third kappa shape index (κ3) is 7.89. The summed E-state index contributed by atoms with van der Waals surface area (Å²) in [5.41, 5.74) is 2.59. The van der Waals surface area contributed by atoms with Gasteiger partial charge >= 0.3 is 18.2 Å². The molecule has 0 bridgehead atoms. The number of alkyl halides is 3. The number of nitrogens with one attached hydrogen (secondary N) is 2. The van der Waals surface area contributed by atoms with Crippen molar-refractivity contribution in [3.8, 4) is 0 Å². The van der Waals surface area contributed by atoms with Gasteiger partial charge in [0.15, 0.2) is 0 Å². The van der Waals surface area contributed by atoms with E-state index >= 15 is 0 Å². The highest BCUT2D eigenvalue weighted by molar-refractivity contribution is 5.99. The molecule has 0 saturated carbocycles. The maximum Gasteiger partial charge on any atom is 0.490 e. The second-order valence-electron chi connectivity index (χ2n) is 7.81. The number of pyridine rings is 1. The average molecular weight is 461 g/mol. The zero-order valence-electron chi connectivity index (χ0n) is 18.8. The van der Waals surface area contributed by atoms with Crippen LogP contribution < -0.4 is 15.5 Å². The monoisotopic (exact) mass is 461 g/mol. The first-order valence-corrected chi connectivity index (χ1v) is 10.0. The largest absolute Gasteiger partial charge is 0.490 e. The van der Waals surface area contributed by atoms with E-state index in [0.29, 0.717) is 49.8 Å². The molecule has 1 aliphatic heterocycles. The summed E-state index contributed by atoms with van der Waals surface area (Å²) in [6.45, 7) is 6.09. The third-order valence-corrected chi connectivity index (χ3v) is 4.53. The summed E-state index contributed by atoms with van der Waals surface area (Å²) in [7, 11) is 5.38. The minimum Gasteiger partial charge on any atom is -0.475 e. The van der Waals surface area contributed by atoms with Crippen molar-refractivity contribution in [2.75, 3.05) is 45.7 Å². The summed E-state index contributed by atoms with van der Waals surface area (Å²) in [5, 5.41) is 12.8. The first kappa shape index (κ1) is 27.0. The second-order valence-corrected chi connectivity index (χ2v) is 7.81. The van der Waals surface area contributed by atoms with Crippen LogP contribution in [0.15, 0.2) is 6.07 Å². The quantitative estimate of drug-likeness (QED) is 0.631. The van der Waals surface area contributed by atoms with Gasteiger partial charge in [0.2, 0.25) is 0 Å². The number of rotatable bonds is 4. The van der Waals surface area contributed by atoms with Crippen LogP contribution in [0.2, 0.25) is 0 Å². The molecule has 3 N–H and O–H groups in total. The van der Waals surface area contributed by atoms with Crippen molar-refractivity contribution in [1.29, 1.82) is 0 Å². The Morgan fingerprint density at radius 3 is 2.25 bits per heavy atom. The highest BCUT2D eigenvalue weighted by atomic mass is 19.4. The third-order valence-electron chi connectivity index (χ3n) is 4.53. The summed E-state index contributed by atoms with van der Waals surface area (Å²) < 4.78 is 31.7. The van der Waals surface area contributed by atoms with Gasteiger partial charge in [0, 0.05) is 52.9 Å². The maximum atomic E-state index is 12.3. The molecule has 0 atom stereocenters. The first-order chi connectivity index (χ1) is 14.8. The van der Waals surface area contributed by atoms with Crippen LogP contribution in [-0.2, 0) is 17.6 Å². The molecule has 0 saturated heterocycles. The summed E-state index contributed by atoms with van der Waals surface area (Å²) in [4.78, 5) is 41.8. The van der Waals surface area contributed by atoms with Gasteiger partial charge < -0.3 is 25.5 Å². The van der Waals surface area contributed by atoms with Crippen molar-refractivity contribution in [1.82, 2.24) is 20.5 Å². The summed E-state index contributed by atoms with van der Waals surface area (Å²) in [5.74, 6) is -1.81. The van der Waals surface area contributed by atoms with Gasteiger partial charge in [0.1, 0.15) is 5.82 Å². The fourth-order valence-corrected chi connectivity index (χ4v) is 2.87. The van der Waals surface area contributed by atoms with E-state index in [1.807, 2.05) is 30.0 Å². The molecule has 2 heterocycles. The maximum absolute atomic E-state index is 12.3. The standard InChI is InChI=1S/C18H29N5O2.C2HF3O2/c1-12(2)11-20-18(25)23-8-6-13-10-14(17(24)19-3)16(22(4)5)21-15(13)7-9-23;3-2(4,5)1(6)7/h10,12H,6-9,11H2,1-5H3,(H,19,24)(H,20,25);(H,6,7). The lowest BCUT2D eigenvalue weighted by atomic mass is 10.0. The predicted octanol–water partition coefficient (Wildman–Crippen LogP) is 1.91. The fourth-order valence-electron chi connectivity index (χ4n) is 2.87. The molecule has 0 aromatic carbocycles. The number of carboxylic acid groups (broad SMARTS) is 1. The number of urea groups is 1. The summed E-state index contributed by atoms with van der Waals surface area (Å²) in [6.07, 6.45) is -3.69. The van der Waals surface area contributed by atoms with E-state index < -0.39 is 12.1 Å². The molecule has 2 rings (SSSR count). The lowest BCUT2D eigenvalue weighted by Crippen LogP contribution is -2.42. The summed E-state index contributed by atoms with van der Waals surface area (Å²) >= 11 is 0. The number of fused-ring (bicyclic) bond motifs is 1. The normalized spacial score (nSPS) is 13.3. The van der Waals surface area contributed by atoms with E-state index in [0.717, 1.165) is 11.3 Å². The number of anilines is 1. The van der Waals surface area contributed by atoms with Crippen LogP contribution in [0.25, 0.3) is 0 Å². The molecular weight excluding hydrogens is 431 g/mol. The van der Waals surface area contributed by atoms with Gasteiger partial charge in [0.05, 0.1) is 5.56 Å². The van der Waals surface area contributed by atoms with E-state index in [4.69, 9.17) is 14.9 Å². The Morgan fingerprint density at radius 2 is 1.78 bits per heavy atom. The fraction of sp³-hybridized carbons (Fsp3) is 0.600. The van der Waals surface area contributed by atoms with Gasteiger partial charge in [-0.3, -0.25) is 4.79 Å². The predicted molar refractivity (Wildman–Crippen MR) is 113 cm³/mol. The van der Waals surface area contributed by atoms with Crippen LogP contribution in [0.3, 0.4) is 0 Å². The number of carboxylic acids is 1. The molecule has 0 unspecified atom stereocenters. The van der Waals surface area contributed by atoms with E-state index in [-0.39, 0.29) is 11.9 Å². The number of aliphatic carboxylic acids is 1. The van der Waals surface area contributed by atoms with Crippen molar-refractivity contribution >= 4 is 23.7 Å². The van der Waals surface area contributed by atoms with Crippen LogP contribution in [-0.4, -0.2) is 79.9 Å². The number of hydrogen-bond donors (Lipinski definition) is 3. The molecule has 1 aromatic rings. The molecule has 1 aliphatic rings. The molecule has 180 valence electrons. The van der Waals surface area contributed by atoms with Gasteiger partial charge in [-0.2, -0.15) is 13.2 Å². The zero-order valence-corrected chi connectivity index (χ0v) is 18.8. The van der Waals surface area contributed by atoms with Crippen LogP contribution in [0.1, 0.15) is 35.5 Å². The molecule has 3 amide bonds. The van der Waals surface area contributed by atoms with E-state index in [9.17, 15) is 22.8 Å². The highest BCUT2D eigenvalue weighted by Gasteiger charge is 2.38. The molecular formula is C20H30F3N5O4. The molecule has 1 aromatic heterocycles. The minimum atomic E-state index is -5.08. The van der Waals surface area contributed by atoms with Crippen LogP contribution in [0.5, 0.6) is 0 Å². The smallest absolute Gasteiger partial charge is 0.475 e. The highest BCUT2D eigenvalue weighted by Crippen LogP contribution is 2.23. The Labute approximate surface area is 185 Å². The van der Waals surface area contributed by atoms with Crippen molar-refractivity contribution in [2.45, 2.75) is 32.9 Å². The van der Waals surface area contributed by atoms with Crippen LogP contribution in [0, 0.1) is 5.92 Å². The minimum absolute atomic E-state index is 0.0270. The SMILES string of the molecule is CNC(=O)c1cc2c(nc1N(C)C)CCN(C(=O)NCC(C)C)CC2.O=C(O)C(F)(F)F. The molecule has 0 aliphatic carbocycles. The number of carbonyl (C=O) groups excluding carboxylic acids is 2. The van der Waals surface area contributed by atoms with Gasteiger partial charge in [-0.25, -0.2) is 14.6 Å². The van der Waals surface area contributed by atoms with Crippen molar-refractivity contribution in [3.63, 3.8) is 0 Å². The van der Waals surface area contributed by atoms with Gasteiger partial charge in [-0.05, 0) is 24.0 Å². The number of halogens is 3. The molecule has 0 fully saturated rings. The number of hydrogen-bond acceptors (Lipinski definition) is 5. The Hall–Kier alpha value is -3.05. The Kier molecular flexibility index (Phi) is 9.73. The van der Waals surface area contributed by atoms with Crippen molar-refractivity contribution in [2.24, 2.45) is 5.92 Å². The van der Waals surface area contributed by atoms with Gasteiger partial charge in [0.25, 0.3) is 5.91 Å². The molecule has 0 radical (unpaired) electrons. The van der Waals surface area contributed by atoms with Gasteiger partial charge in [-0.1, -0.05) is 13.8 Å². The van der Waals surface area contributed by atoms with Crippen molar-refractivity contribution in [3.05, 3.63) is 22.9 Å². The Bertz CT molecular complexity index is 828. The lowest BCUT2D eigenvalue weighted by molar-refractivity contribution is -0.192. The molecule has 9 nitrogen and oxygen atoms in total. The van der Waals surface area contributed by atoms with E-state index in [2.05, 4.69) is 24.5 Å². The summed E-state index contributed by atoms with van der Waals surface area (Å²) in [6, 6.07) is 1.90. The topological polar surface area (TPSA) is 115 Å². The van der Waals surface area contributed by atoms with E-state index in [1.165, 1.54) is 0 Å². The Balaban J connectivity index is 0.000000633. The lowest BCUT2D eigenvalue weighted by Gasteiger charge is -2.21. The number of amides is 3. The second kappa shape index (κ2) is 11.5. The first-order valence-electron chi connectivity index (χ1n) is 10.0. The number of carbonyl (C=O) groups is 3. The number of nitrogens with zero attached hydrogens (tertiary/aromatic N) is 3. The van der Waals surface area contributed by atoms with Crippen LogP contribution >= 0.6 is 0 Å². The zero-order chi connectivity index (χ0) is 24.6. The van der Waals surface area contributed by atoms with Gasteiger partial charge in [-0.15, -0.1) is 0 Å². The number of aromatic nitrogens is 1.